The number of aliphatic hydroxyl groups is 1. The Morgan fingerprint density at radius 1 is 1.25 bits per heavy atom. The van der Waals surface area contributed by atoms with Gasteiger partial charge in [-0.15, -0.1) is 0 Å². The van der Waals surface area contributed by atoms with E-state index in [1.54, 1.807) is 0 Å². The van der Waals surface area contributed by atoms with Gasteiger partial charge in [-0.1, -0.05) is 26.0 Å². The molecule has 4 heteroatoms. The molecule has 112 valence electrons. The van der Waals surface area contributed by atoms with Crippen molar-refractivity contribution >= 4 is 5.91 Å². The summed E-state index contributed by atoms with van der Waals surface area (Å²) in [6.07, 6.45) is 0.222. The summed E-state index contributed by atoms with van der Waals surface area (Å²) in [5, 5.41) is 12.5. The topological polar surface area (TPSA) is 52.6 Å². The average molecular weight is 278 g/mol. The summed E-state index contributed by atoms with van der Waals surface area (Å²) in [6, 6.07) is 7.62. The molecule has 1 rings (SSSR count). The van der Waals surface area contributed by atoms with Crippen LogP contribution in [0.25, 0.3) is 0 Å². The first-order valence-electron chi connectivity index (χ1n) is 7.10. The van der Waals surface area contributed by atoms with Crippen molar-refractivity contribution in [2.75, 3.05) is 20.6 Å². The summed E-state index contributed by atoms with van der Waals surface area (Å²) in [4.78, 5) is 14.0. The third-order valence-corrected chi connectivity index (χ3v) is 3.21. The Morgan fingerprint density at radius 3 is 2.35 bits per heavy atom. The molecule has 0 aromatic heterocycles. The highest BCUT2D eigenvalue weighted by Crippen LogP contribution is 2.07. The monoisotopic (exact) mass is 278 g/mol. The molecule has 0 fully saturated rings. The van der Waals surface area contributed by atoms with Crippen molar-refractivity contribution in [1.29, 1.82) is 0 Å². The molecule has 1 amide bonds. The van der Waals surface area contributed by atoms with Gasteiger partial charge < -0.3 is 15.3 Å². The Bertz CT molecular complexity index is 413. The smallest absolute Gasteiger partial charge is 0.251 e. The summed E-state index contributed by atoms with van der Waals surface area (Å²) >= 11 is 0. The summed E-state index contributed by atoms with van der Waals surface area (Å²) in [5.41, 5.74) is 1.84. The predicted molar refractivity (Wildman–Crippen MR) is 81.6 cm³/mol. The molecule has 0 heterocycles. The lowest BCUT2D eigenvalue weighted by Gasteiger charge is -2.14. The molecule has 0 aliphatic rings. The number of carbonyl (C=O) groups is 1. The number of hydrogen-bond acceptors (Lipinski definition) is 3. The number of nitrogens with zero attached hydrogens (tertiary/aromatic N) is 1. The quantitative estimate of drug-likeness (QED) is 0.801. The number of aliphatic hydroxyl groups excluding tert-OH is 1. The highest BCUT2D eigenvalue weighted by atomic mass is 16.3. The maximum atomic E-state index is 11.9. The van der Waals surface area contributed by atoms with Crippen molar-refractivity contribution in [1.82, 2.24) is 10.2 Å². The van der Waals surface area contributed by atoms with Crippen LogP contribution in [-0.4, -0.2) is 42.7 Å². The first-order valence-corrected chi connectivity index (χ1v) is 7.10. The standard InChI is InChI=1S/C16H26N2O2/c1-12(2)15(19)9-10-17-16(20)14-7-5-13(6-8-14)11-18(3)4/h5-8,12,15,19H,9-11H2,1-4H3,(H,17,20). The number of rotatable bonds is 7. The van der Waals surface area contributed by atoms with Gasteiger partial charge in [0, 0.05) is 18.7 Å². The zero-order valence-electron chi connectivity index (χ0n) is 12.9. The molecule has 0 radical (unpaired) electrons. The minimum Gasteiger partial charge on any atom is -0.393 e. The first kappa shape index (κ1) is 16.7. The summed E-state index contributed by atoms with van der Waals surface area (Å²) in [6.45, 7) is 5.30. The fraction of sp³-hybridized carbons (Fsp3) is 0.562. The second-order valence-electron chi connectivity index (χ2n) is 5.79. The molecule has 0 bridgehead atoms. The minimum atomic E-state index is -0.363. The van der Waals surface area contributed by atoms with E-state index in [1.807, 2.05) is 52.2 Å². The second kappa shape index (κ2) is 8.02. The van der Waals surface area contributed by atoms with Crippen LogP contribution in [0, 0.1) is 5.92 Å². The van der Waals surface area contributed by atoms with Crippen molar-refractivity contribution in [2.24, 2.45) is 5.92 Å². The molecule has 4 nitrogen and oxygen atoms in total. The second-order valence-corrected chi connectivity index (χ2v) is 5.79. The number of amides is 1. The van der Waals surface area contributed by atoms with E-state index in [4.69, 9.17) is 0 Å². The van der Waals surface area contributed by atoms with Crippen LogP contribution in [0.3, 0.4) is 0 Å². The molecule has 20 heavy (non-hydrogen) atoms. The molecule has 1 atom stereocenters. The summed E-state index contributed by atoms with van der Waals surface area (Å²) in [5.74, 6) is 0.134. The van der Waals surface area contributed by atoms with Crippen LogP contribution in [0.4, 0.5) is 0 Å². The van der Waals surface area contributed by atoms with Gasteiger partial charge in [-0.2, -0.15) is 0 Å². The van der Waals surface area contributed by atoms with Gasteiger partial charge in [-0.25, -0.2) is 0 Å². The van der Waals surface area contributed by atoms with Gasteiger partial charge in [-0.3, -0.25) is 4.79 Å². The van der Waals surface area contributed by atoms with E-state index in [2.05, 4.69) is 10.2 Å². The van der Waals surface area contributed by atoms with Gasteiger partial charge in [0.2, 0.25) is 0 Å². The van der Waals surface area contributed by atoms with Crippen LogP contribution in [0.5, 0.6) is 0 Å². The van der Waals surface area contributed by atoms with Crippen molar-refractivity contribution < 1.29 is 9.90 Å². The van der Waals surface area contributed by atoms with Crippen LogP contribution >= 0.6 is 0 Å². The van der Waals surface area contributed by atoms with E-state index in [-0.39, 0.29) is 17.9 Å². The summed E-state index contributed by atoms with van der Waals surface area (Å²) < 4.78 is 0. The van der Waals surface area contributed by atoms with Gasteiger partial charge in [0.15, 0.2) is 0 Å². The number of hydrogen-bond donors (Lipinski definition) is 2. The molecule has 0 saturated heterocycles. The van der Waals surface area contributed by atoms with Crippen LogP contribution in [0.2, 0.25) is 0 Å². The summed E-state index contributed by atoms with van der Waals surface area (Å²) in [7, 11) is 4.03. The van der Waals surface area contributed by atoms with E-state index >= 15 is 0 Å². The van der Waals surface area contributed by atoms with Gasteiger partial charge in [-0.05, 0) is 44.1 Å². The minimum absolute atomic E-state index is 0.0858. The van der Waals surface area contributed by atoms with Gasteiger partial charge in [0.1, 0.15) is 0 Å². The van der Waals surface area contributed by atoms with E-state index in [1.165, 1.54) is 5.56 Å². The molecule has 0 aliphatic heterocycles. The van der Waals surface area contributed by atoms with Crippen molar-refractivity contribution in [2.45, 2.75) is 32.9 Å². The predicted octanol–water partition coefficient (Wildman–Crippen LogP) is 1.89. The lowest BCUT2D eigenvalue weighted by Crippen LogP contribution is -2.28. The van der Waals surface area contributed by atoms with E-state index in [0.29, 0.717) is 18.5 Å². The molecule has 0 spiro atoms. The molecule has 0 aliphatic carbocycles. The van der Waals surface area contributed by atoms with Crippen molar-refractivity contribution in [3.8, 4) is 0 Å². The fourth-order valence-corrected chi connectivity index (χ4v) is 1.90. The Balaban J connectivity index is 2.43. The number of nitrogens with one attached hydrogen (secondary N) is 1. The van der Waals surface area contributed by atoms with E-state index in [9.17, 15) is 9.90 Å². The van der Waals surface area contributed by atoms with Gasteiger partial charge >= 0.3 is 0 Å². The highest BCUT2D eigenvalue weighted by molar-refractivity contribution is 5.94. The Morgan fingerprint density at radius 2 is 1.85 bits per heavy atom. The zero-order chi connectivity index (χ0) is 15.1. The molecule has 2 N–H and O–H groups in total. The molecular weight excluding hydrogens is 252 g/mol. The van der Waals surface area contributed by atoms with E-state index in [0.717, 1.165) is 6.54 Å². The Kier molecular flexibility index (Phi) is 6.68. The van der Waals surface area contributed by atoms with Gasteiger partial charge in [0.25, 0.3) is 5.91 Å². The first-order chi connectivity index (χ1) is 9.40. The van der Waals surface area contributed by atoms with Crippen LogP contribution < -0.4 is 5.32 Å². The average Bonchev–Trinajstić information content (AvgIpc) is 2.38. The van der Waals surface area contributed by atoms with Crippen LogP contribution in [0.15, 0.2) is 24.3 Å². The lowest BCUT2D eigenvalue weighted by molar-refractivity contribution is 0.0920. The molecule has 1 unspecified atom stereocenters. The maximum absolute atomic E-state index is 11.9. The molecule has 1 aromatic rings. The van der Waals surface area contributed by atoms with Crippen molar-refractivity contribution in [3.63, 3.8) is 0 Å². The normalized spacial score (nSPS) is 12.8. The highest BCUT2D eigenvalue weighted by Gasteiger charge is 2.10. The Labute approximate surface area is 121 Å². The van der Waals surface area contributed by atoms with Crippen molar-refractivity contribution in [3.05, 3.63) is 35.4 Å². The molecular formula is C16H26N2O2. The third kappa shape index (κ3) is 5.72. The number of carbonyl (C=O) groups excluding carboxylic acids is 1. The fourth-order valence-electron chi connectivity index (χ4n) is 1.90. The van der Waals surface area contributed by atoms with Crippen LogP contribution in [-0.2, 0) is 6.54 Å². The lowest BCUT2D eigenvalue weighted by atomic mass is 10.0. The number of benzene rings is 1. The van der Waals surface area contributed by atoms with E-state index < -0.39 is 0 Å². The Hall–Kier alpha value is -1.39. The molecule has 1 aromatic carbocycles. The third-order valence-electron chi connectivity index (χ3n) is 3.21. The largest absolute Gasteiger partial charge is 0.393 e. The van der Waals surface area contributed by atoms with Crippen LogP contribution in [0.1, 0.15) is 36.2 Å². The zero-order valence-corrected chi connectivity index (χ0v) is 12.9. The molecule has 0 saturated carbocycles. The van der Waals surface area contributed by atoms with Gasteiger partial charge in [0.05, 0.1) is 6.10 Å². The SMILES string of the molecule is CC(C)C(O)CCNC(=O)c1ccc(CN(C)C)cc1. The maximum Gasteiger partial charge on any atom is 0.251 e.